The fourth-order valence-corrected chi connectivity index (χ4v) is 5.98. The van der Waals surface area contributed by atoms with E-state index in [1.165, 1.54) is 7.11 Å². The number of ketones is 1. The number of amides is 1. The fourth-order valence-electron chi connectivity index (χ4n) is 5.98. The lowest BCUT2D eigenvalue weighted by Gasteiger charge is -2.48. The molecule has 2 heterocycles. The Labute approximate surface area is 250 Å². The summed E-state index contributed by atoms with van der Waals surface area (Å²) < 4.78 is 10.5. The molecular formula is C35H31N3O5. The van der Waals surface area contributed by atoms with Gasteiger partial charge in [0, 0.05) is 5.69 Å². The zero-order valence-corrected chi connectivity index (χ0v) is 24.1. The lowest BCUT2D eigenvalue weighted by molar-refractivity contribution is -0.135. The number of carbonyl (C=O) groups excluding carboxylic acids is 3. The van der Waals surface area contributed by atoms with Crippen molar-refractivity contribution in [1.29, 1.82) is 0 Å². The van der Waals surface area contributed by atoms with Crippen molar-refractivity contribution >= 4 is 34.7 Å². The van der Waals surface area contributed by atoms with Gasteiger partial charge in [0.15, 0.2) is 11.5 Å². The highest BCUT2D eigenvalue weighted by Crippen LogP contribution is 2.44. The first-order valence-electron chi connectivity index (χ1n) is 14.1. The van der Waals surface area contributed by atoms with E-state index in [1.807, 2.05) is 91.9 Å². The van der Waals surface area contributed by atoms with Crippen LogP contribution >= 0.6 is 0 Å². The van der Waals surface area contributed by atoms with Crippen LogP contribution in [0.5, 0.6) is 5.75 Å². The number of anilines is 2. The maximum atomic E-state index is 15.1. The lowest BCUT2D eigenvalue weighted by atomic mass is 9.74. The van der Waals surface area contributed by atoms with E-state index in [0.717, 1.165) is 16.7 Å². The second kappa shape index (κ2) is 11.6. The van der Waals surface area contributed by atoms with Crippen molar-refractivity contribution in [3.8, 4) is 5.75 Å². The van der Waals surface area contributed by atoms with Crippen LogP contribution in [0.2, 0.25) is 0 Å². The highest BCUT2D eigenvalue weighted by atomic mass is 16.5. The summed E-state index contributed by atoms with van der Waals surface area (Å²) in [5.41, 5.74) is 3.91. The molecule has 0 aliphatic carbocycles. The van der Waals surface area contributed by atoms with E-state index >= 15 is 4.79 Å². The van der Waals surface area contributed by atoms with E-state index in [-0.39, 0.29) is 17.4 Å². The molecule has 4 aromatic carbocycles. The van der Waals surface area contributed by atoms with Gasteiger partial charge in [0.2, 0.25) is 5.91 Å². The van der Waals surface area contributed by atoms with Gasteiger partial charge in [-0.25, -0.2) is 4.79 Å². The van der Waals surface area contributed by atoms with Gasteiger partial charge in [-0.05, 0) is 54.4 Å². The van der Waals surface area contributed by atoms with Crippen LogP contribution in [0.25, 0.3) is 0 Å². The number of ether oxygens (including phenoxy) is 2. The van der Waals surface area contributed by atoms with Gasteiger partial charge in [-0.2, -0.15) is 5.10 Å². The number of benzene rings is 4. The highest BCUT2D eigenvalue weighted by molar-refractivity contribution is 6.41. The van der Waals surface area contributed by atoms with Gasteiger partial charge >= 0.3 is 5.97 Å². The molecule has 1 saturated heterocycles. The summed E-state index contributed by atoms with van der Waals surface area (Å²) in [4.78, 5) is 43.6. The Bertz CT molecular complexity index is 1670. The molecule has 6 rings (SSSR count). The van der Waals surface area contributed by atoms with Crippen molar-refractivity contribution in [3.63, 3.8) is 0 Å². The minimum absolute atomic E-state index is 0.130. The summed E-state index contributed by atoms with van der Waals surface area (Å²) >= 11 is 0. The van der Waals surface area contributed by atoms with E-state index < -0.39 is 29.9 Å². The number of β-lactam (4-membered cyclic amide) rings is 1. The Hall–Kier alpha value is -5.24. The third-order valence-corrected chi connectivity index (χ3v) is 8.13. The van der Waals surface area contributed by atoms with Crippen molar-refractivity contribution in [2.75, 3.05) is 24.1 Å². The Balaban J connectivity index is 1.50. The first-order valence-corrected chi connectivity index (χ1v) is 14.1. The van der Waals surface area contributed by atoms with Crippen LogP contribution in [0.15, 0.2) is 114 Å². The standard InChI is InChI=1S/C35H31N3O5/c1-22-14-16-26(17-15-22)38-32(28(23-10-6-4-7-11-23)30(36-38)35(41)43-3)33(39)31-29(24-12-8-5-9-13-24)34(40)37(31)25-18-20-27(42-2)21-19-25/h4-21,28-29,31-32H,1-3H3/t28-,29+,31+,32+/m0/s1. The largest absolute Gasteiger partial charge is 0.497 e. The van der Waals surface area contributed by atoms with E-state index in [2.05, 4.69) is 0 Å². The van der Waals surface area contributed by atoms with E-state index in [0.29, 0.717) is 17.1 Å². The Morgan fingerprint density at radius 3 is 1.81 bits per heavy atom. The molecule has 8 heteroatoms. The number of rotatable bonds is 8. The molecular weight excluding hydrogens is 542 g/mol. The molecule has 216 valence electrons. The average molecular weight is 574 g/mol. The molecule has 8 nitrogen and oxygen atoms in total. The summed E-state index contributed by atoms with van der Waals surface area (Å²) in [6.45, 7) is 1.98. The summed E-state index contributed by atoms with van der Waals surface area (Å²) in [7, 11) is 2.88. The molecule has 0 radical (unpaired) electrons. The van der Waals surface area contributed by atoms with Crippen molar-refractivity contribution in [2.45, 2.75) is 30.8 Å². The maximum absolute atomic E-state index is 15.1. The van der Waals surface area contributed by atoms with E-state index in [1.54, 1.807) is 41.3 Å². The monoisotopic (exact) mass is 573 g/mol. The number of nitrogens with zero attached hydrogens (tertiary/aromatic N) is 3. The van der Waals surface area contributed by atoms with Crippen LogP contribution in [-0.4, -0.2) is 49.7 Å². The molecule has 1 fully saturated rings. The zero-order chi connectivity index (χ0) is 30.1. The van der Waals surface area contributed by atoms with Crippen LogP contribution in [0.1, 0.15) is 28.5 Å². The second-order valence-electron chi connectivity index (χ2n) is 10.6. The number of hydrogen-bond donors (Lipinski definition) is 0. The number of Topliss-reactive ketones (excluding diaryl/α,β-unsaturated/α-hetero) is 1. The maximum Gasteiger partial charge on any atom is 0.354 e. The summed E-state index contributed by atoms with van der Waals surface area (Å²) in [5, 5.41) is 6.35. The van der Waals surface area contributed by atoms with Crippen molar-refractivity contribution < 1.29 is 23.9 Å². The van der Waals surface area contributed by atoms with Gasteiger partial charge in [0.05, 0.1) is 31.7 Å². The minimum Gasteiger partial charge on any atom is -0.497 e. The molecule has 0 spiro atoms. The second-order valence-corrected chi connectivity index (χ2v) is 10.6. The molecule has 0 bridgehead atoms. The zero-order valence-electron chi connectivity index (χ0n) is 24.1. The highest BCUT2D eigenvalue weighted by Gasteiger charge is 2.58. The number of aryl methyl sites for hydroxylation is 1. The quantitative estimate of drug-likeness (QED) is 0.211. The molecule has 2 aliphatic rings. The average Bonchev–Trinajstić information content (AvgIpc) is 3.45. The lowest BCUT2D eigenvalue weighted by Crippen LogP contribution is -2.66. The van der Waals surface area contributed by atoms with Crippen molar-refractivity contribution in [1.82, 2.24) is 0 Å². The first-order chi connectivity index (χ1) is 20.9. The predicted molar refractivity (Wildman–Crippen MR) is 165 cm³/mol. The van der Waals surface area contributed by atoms with Crippen LogP contribution in [-0.2, 0) is 19.1 Å². The molecule has 0 unspecified atom stereocenters. The van der Waals surface area contributed by atoms with Crippen LogP contribution < -0.4 is 14.6 Å². The van der Waals surface area contributed by atoms with Crippen molar-refractivity contribution in [3.05, 3.63) is 126 Å². The summed E-state index contributed by atoms with van der Waals surface area (Å²) in [6.07, 6.45) is 0. The van der Waals surface area contributed by atoms with Crippen molar-refractivity contribution in [2.24, 2.45) is 5.10 Å². The Morgan fingerprint density at radius 1 is 0.698 bits per heavy atom. The normalized spacial score (nSPS) is 21.2. The Morgan fingerprint density at radius 2 is 1.26 bits per heavy atom. The number of esters is 1. The van der Waals surface area contributed by atoms with Gasteiger partial charge in [0.25, 0.3) is 0 Å². The minimum atomic E-state index is -0.927. The molecule has 4 atom stereocenters. The van der Waals surface area contributed by atoms with Gasteiger partial charge in [-0.1, -0.05) is 78.4 Å². The molecule has 43 heavy (non-hydrogen) atoms. The number of hydrogen-bond acceptors (Lipinski definition) is 7. The third-order valence-electron chi connectivity index (χ3n) is 8.13. The third kappa shape index (κ3) is 4.95. The van der Waals surface area contributed by atoms with Gasteiger partial charge < -0.3 is 14.4 Å². The molecule has 0 aromatic heterocycles. The van der Waals surface area contributed by atoms with Crippen LogP contribution in [0, 0.1) is 6.92 Å². The fraction of sp³-hybridized carbons (Fsp3) is 0.200. The number of carbonyl (C=O) groups is 3. The molecule has 0 N–H and O–H groups in total. The van der Waals surface area contributed by atoms with Crippen LogP contribution in [0.4, 0.5) is 11.4 Å². The van der Waals surface area contributed by atoms with Gasteiger partial charge in [-0.3, -0.25) is 14.6 Å². The summed E-state index contributed by atoms with van der Waals surface area (Å²) in [6, 6.07) is 31.6. The molecule has 0 saturated carbocycles. The summed E-state index contributed by atoms with van der Waals surface area (Å²) in [5.74, 6) is -1.82. The van der Waals surface area contributed by atoms with Gasteiger partial charge in [-0.15, -0.1) is 0 Å². The smallest absolute Gasteiger partial charge is 0.354 e. The van der Waals surface area contributed by atoms with Gasteiger partial charge in [0.1, 0.15) is 17.8 Å². The molecule has 1 amide bonds. The number of hydrazone groups is 1. The topological polar surface area (TPSA) is 88.5 Å². The molecule has 2 aliphatic heterocycles. The first kappa shape index (κ1) is 27.9. The Kier molecular flexibility index (Phi) is 7.50. The SMILES string of the molecule is COC(=O)C1=NN(c2ccc(C)cc2)[C@@H](C(=O)[C@H]2[C@@H](c3ccccc3)C(=O)N2c2ccc(OC)cc2)[C@H]1c1ccccc1. The predicted octanol–water partition coefficient (Wildman–Crippen LogP) is 5.27. The van der Waals surface area contributed by atoms with E-state index in [9.17, 15) is 9.59 Å². The van der Waals surface area contributed by atoms with E-state index in [4.69, 9.17) is 14.6 Å². The number of methoxy groups -OCH3 is 2. The molecule has 4 aromatic rings. The van der Waals surface area contributed by atoms with Crippen LogP contribution in [0.3, 0.4) is 0 Å².